The first kappa shape index (κ1) is 10.6. The monoisotopic (exact) mass is 281 g/mol. The number of rotatable bonds is 0. The van der Waals surface area contributed by atoms with Gasteiger partial charge in [-0.05, 0) is 56.5 Å². The van der Waals surface area contributed by atoms with Crippen LogP contribution in [0.15, 0.2) is 22.7 Å². The number of aryl methyl sites for hydroxylation is 1. The summed E-state index contributed by atoms with van der Waals surface area (Å²) in [5.74, 6) is 1.09. The van der Waals surface area contributed by atoms with Crippen molar-refractivity contribution in [2.75, 3.05) is 13.1 Å². The zero-order valence-electron chi connectivity index (χ0n) is 9.26. The average Bonchev–Trinajstić information content (AvgIpc) is 2.29. The lowest BCUT2D eigenvalue weighted by Gasteiger charge is -2.41. The third-order valence-electron chi connectivity index (χ3n) is 3.72. The molecule has 3 heteroatoms. The Kier molecular flexibility index (Phi) is 2.68. The molecule has 0 unspecified atom stereocenters. The van der Waals surface area contributed by atoms with E-state index in [1.165, 1.54) is 12.0 Å². The lowest BCUT2D eigenvalue weighted by Crippen LogP contribution is -2.48. The summed E-state index contributed by atoms with van der Waals surface area (Å²) in [7, 11) is 0. The minimum Gasteiger partial charge on any atom is -0.487 e. The molecule has 16 heavy (non-hydrogen) atoms. The van der Waals surface area contributed by atoms with Crippen molar-refractivity contribution in [3.63, 3.8) is 0 Å². The number of nitrogens with one attached hydrogen (secondary N) is 1. The van der Waals surface area contributed by atoms with Crippen LogP contribution in [-0.4, -0.2) is 18.7 Å². The van der Waals surface area contributed by atoms with Gasteiger partial charge >= 0.3 is 0 Å². The van der Waals surface area contributed by atoms with Gasteiger partial charge in [0, 0.05) is 4.47 Å². The zero-order valence-corrected chi connectivity index (χ0v) is 10.8. The van der Waals surface area contributed by atoms with Gasteiger partial charge in [-0.2, -0.15) is 0 Å². The summed E-state index contributed by atoms with van der Waals surface area (Å²) in [4.78, 5) is 0. The van der Waals surface area contributed by atoms with Gasteiger partial charge in [-0.15, -0.1) is 0 Å². The summed E-state index contributed by atoms with van der Waals surface area (Å²) in [6, 6.07) is 6.38. The summed E-state index contributed by atoms with van der Waals surface area (Å²) in [5.41, 5.74) is 1.46. The van der Waals surface area contributed by atoms with E-state index in [0.717, 1.165) is 42.6 Å². The third kappa shape index (κ3) is 1.87. The molecular formula is C13H16BrNO. The summed E-state index contributed by atoms with van der Waals surface area (Å²) in [5, 5.41) is 3.40. The molecule has 1 aromatic carbocycles. The minimum atomic E-state index is 0.110. The molecule has 3 rings (SSSR count). The molecule has 1 aromatic rings. The minimum absolute atomic E-state index is 0.110. The van der Waals surface area contributed by atoms with E-state index in [1.54, 1.807) is 0 Å². The maximum Gasteiger partial charge on any atom is 0.124 e. The second kappa shape index (κ2) is 4.04. The van der Waals surface area contributed by atoms with Crippen molar-refractivity contribution >= 4 is 15.9 Å². The van der Waals surface area contributed by atoms with E-state index in [2.05, 4.69) is 39.4 Å². The van der Waals surface area contributed by atoms with E-state index in [0.29, 0.717) is 0 Å². The zero-order chi connectivity index (χ0) is 11.0. The van der Waals surface area contributed by atoms with E-state index in [9.17, 15) is 0 Å². The van der Waals surface area contributed by atoms with Gasteiger partial charge in [-0.1, -0.05) is 22.0 Å². The second-order valence-corrected chi connectivity index (χ2v) is 5.70. The second-order valence-electron chi connectivity index (χ2n) is 4.79. The van der Waals surface area contributed by atoms with Crippen molar-refractivity contribution in [3.8, 4) is 5.75 Å². The van der Waals surface area contributed by atoms with Gasteiger partial charge in [0.15, 0.2) is 0 Å². The Morgan fingerprint density at radius 3 is 2.81 bits per heavy atom. The molecule has 1 spiro atoms. The molecule has 1 fully saturated rings. The maximum atomic E-state index is 6.27. The summed E-state index contributed by atoms with van der Waals surface area (Å²) in [6.45, 7) is 2.17. The smallest absolute Gasteiger partial charge is 0.124 e. The number of fused-ring (bicyclic) bond motifs is 1. The SMILES string of the molecule is Brc1ccc2c(c1)OC1(CCNCC1)CC2. The number of ether oxygens (including phenoxy) is 1. The fourth-order valence-corrected chi connectivity index (χ4v) is 3.05. The Labute approximate surface area is 105 Å². The molecule has 0 aromatic heterocycles. The highest BCUT2D eigenvalue weighted by molar-refractivity contribution is 9.10. The first-order valence-electron chi connectivity index (χ1n) is 5.96. The van der Waals surface area contributed by atoms with Crippen molar-refractivity contribution in [2.24, 2.45) is 0 Å². The predicted molar refractivity (Wildman–Crippen MR) is 67.9 cm³/mol. The predicted octanol–water partition coefficient (Wildman–Crippen LogP) is 2.90. The Morgan fingerprint density at radius 2 is 2.00 bits per heavy atom. The summed E-state index contributed by atoms with van der Waals surface area (Å²) in [6.07, 6.45) is 4.60. The quantitative estimate of drug-likeness (QED) is 0.790. The van der Waals surface area contributed by atoms with Crippen LogP contribution < -0.4 is 10.1 Å². The molecule has 86 valence electrons. The topological polar surface area (TPSA) is 21.3 Å². The molecule has 1 N–H and O–H groups in total. The summed E-state index contributed by atoms with van der Waals surface area (Å²) >= 11 is 3.51. The molecule has 2 aliphatic heterocycles. The lowest BCUT2D eigenvalue weighted by atomic mass is 9.84. The van der Waals surface area contributed by atoms with Crippen molar-refractivity contribution in [3.05, 3.63) is 28.2 Å². The van der Waals surface area contributed by atoms with Crippen LogP contribution in [0.5, 0.6) is 5.75 Å². The Balaban J connectivity index is 1.89. The van der Waals surface area contributed by atoms with Crippen molar-refractivity contribution in [1.29, 1.82) is 0 Å². The Hall–Kier alpha value is -0.540. The number of piperidine rings is 1. The fourth-order valence-electron chi connectivity index (χ4n) is 2.71. The Morgan fingerprint density at radius 1 is 1.19 bits per heavy atom. The van der Waals surface area contributed by atoms with Crippen LogP contribution in [0.4, 0.5) is 0 Å². The van der Waals surface area contributed by atoms with E-state index >= 15 is 0 Å². The maximum absolute atomic E-state index is 6.27. The highest BCUT2D eigenvalue weighted by Gasteiger charge is 2.37. The largest absolute Gasteiger partial charge is 0.487 e. The molecule has 0 atom stereocenters. The molecule has 0 amide bonds. The van der Waals surface area contributed by atoms with Crippen molar-refractivity contribution < 1.29 is 4.74 Å². The van der Waals surface area contributed by atoms with Crippen molar-refractivity contribution in [1.82, 2.24) is 5.32 Å². The van der Waals surface area contributed by atoms with Crippen LogP contribution in [0.3, 0.4) is 0 Å². The first-order chi connectivity index (χ1) is 7.77. The third-order valence-corrected chi connectivity index (χ3v) is 4.21. The van der Waals surface area contributed by atoms with Crippen LogP contribution in [0.1, 0.15) is 24.8 Å². The van der Waals surface area contributed by atoms with E-state index < -0.39 is 0 Å². The molecule has 2 nitrogen and oxygen atoms in total. The van der Waals surface area contributed by atoms with Crippen LogP contribution >= 0.6 is 15.9 Å². The van der Waals surface area contributed by atoms with Gasteiger partial charge in [0.2, 0.25) is 0 Å². The fraction of sp³-hybridized carbons (Fsp3) is 0.538. The van der Waals surface area contributed by atoms with Gasteiger partial charge in [0.05, 0.1) is 0 Å². The lowest BCUT2D eigenvalue weighted by molar-refractivity contribution is 0.0169. The molecule has 2 aliphatic rings. The standard InChI is InChI=1S/C13H16BrNO/c14-11-2-1-10-3-4-13(16-12(10)9-11)5-7-15-8-6-13/h1-2,9,15H,3-8H2. The normalized spacial score (nSPS) is 22.6. The van der Waals surface area contributed by atoms with Gasteiger partial charge in [0.1, 0.15) is 11.4 Å². The van der Waals surface area contributed by atoms with E-state index in [4.69, 9.17) is 4.74 Å². The van der Waals surface area contributed by atoms with E-state index in [-0.39, 0.29) is 5.60 Å². The van der Waals surface area contributed by atoms with E-state index in [1.807, 2.05) is 0 Å². The molecule has 0 saturated carbocycles. The van der Waals surface area contributed by atoms with Crippen LogP contribution in [0.2, 0.25) is 0 Å². The molecule has 1 saturated heterocycles. The number of benzene rings is 1. The summed E-state index contributed by atoms with van der Waals surface area (Å²) < 4.78 is 7.38. The number of halogens is 1. The number of hydrogen-bond acceptors (Lipinski definition) is 2. The van der Waals surface area contributed by atoms with Gasteiger partial charge in [-0.3, -0.25) is 0 Å². The van der Waals surface area contributed by atoms with Crippen LogP contribution in [-0.2, 0) is 6.42 Å². The Bertz CT molecular complexity index is 399. The van der Waals surface area contributed by atoms with Crippen LogP contribution in [0.25, 0.3) is 0 Å². The number of hydrogen-bond donors (Lipinski definition) is 1. The highest BCUT2D eigenvalue weighted by atomic mass is 79.9. The molecule has 0 aliphatic carbocycles. The molecule has 2 heterocycles. The van der Waals surface area contributed by atoms with Gasteiger partial charge < -0.3 is 10.1 Å². The molecular weight excluding hydrogens is 266 g/mol. The van der Waals surface area contributed by atoms with Gasteiger partial charge in [-0.25, -0.2) is 0 Å². The average molecular weight is 282 g/mol. The first-order valence-corrected chi connectivity index (χ1v) is 6.75. The molecule has 0 bridgehead atoms. The highest BCUT2D eigenvalue weighted by Crippen LogP contribution is 2.39. The van der Waals surface area contributed by atoms with Crippen molar-refractivity contribution in [2.45, 2.75) is 31.3 Å². The molecule has 0 radical (unpaired) electrons. The van der Waals surface area contributed by atoms with Gasteiger partial charge in [0.25, 0.3) is 0 Å². The van der Waals surface area contributed by atoms with Crippen LogP contribution in [0, 0.1) is 0 Å².